The number of nitrogens with zero attached hydrogens (tertiary/aromatic N) is 3. The van der Waals surface area contributed by atoms with Gasteiger partial charge in [-0.25, -0.2) is 0 Å². The number of amides is 3. The first-order valence-corrected chi connectivity index (χ1v) is 14.0. The first-order valence-electron chi connectivity index (χ1n) is 14.0. The number of methoxy groups -OCH3 is 1. The highest BCUT2D eigenvalue weighted by Crippen LogP contribution is 2.42. The van der Waals surface area contributed by atoms with Crippen molar-refractivity contribution in [2.75, 3.05) is 45.2 Å². The largest absolute Gasteiger partial charge is 0.497 e. The van der Waals surface area contributed by atoms with E-state index < -0.39 is 0 Å². The molecule has 4 aliphatic heterocycles. The van der Waals surface area contributed by atoms with Crippen LogP contribution in [0.3, 0.4) is 0 Å². The van der Waals surface area contributed by atoms with Gasteiger partial charge in [-0.15, -0.1) is 0 Å². The minimum Gasteiger partial charge on any atom is -0.497 e. The zero-order valence-electron chi connectivity index (χ0n) is 22.5. The van der Waals surface area contributed by atoms with Gasteiger partial charge in [-0.1, -0.05) is 36.4 Å². The molecule has 0 radical (unpaired) electrons. The van der Waals surface area contributed by atoms with Crippen molar-refractivity contribution < 1.29 is 19.1 Å². The number of piperidine rings is 1. The van der Waals surface area contributed by atoms with E-state index in [0.29, 0.717) is 36.8 Å². The van der Waals surface area contributed by atoms with Crippen molar-refractivity contribution >= 4 is 23.4 Å². The third-order valence-corrected chi connectivity index (χ3v) is 9.06. The number of anilines is 1. The number of benzene rings is 3. The Labute approximate surface area is 233 Å². The summed E-state index contributed by atoms with van der Waals surface area (Å²) in [5.74, 6) is 0.604. The second-order valence-corrected chi connectivity index (χ2v) is 11.1. The summed E-state index contributed by atoms with van der Waals surface area (Å²) in [6.45, 7) is 2.52. The Morgan fingerprint density at radius 1 is 0.950 bits per heavy atom. The monoisotopic (exact) mass is 536 g/mol. The molecule has 0 spiro atoms. The molecule has 4 aliphatic rings. The lowest BCUT2D eigenvalue weighted by Crippen LogP contribution is -2.51. The van der Waals surface area contributed by atoms with Crippen LogP contribution in [-0.2, 0) is 11.2 Å². The molecule has 3 aromatic rings. The number of nitrogens with one attached hydrogen (secondary N) is 1. The maximum Gasteiger partial charge on any atom is 0.261 e. The third kappa shape index (κ3) is 4.05. The van der Waals surface area contributed by atoms with Crippen LogP contribution < -0.4 is 10.1 Å². The second-order valence-electron chi connectivity index (χ2n) is 11.1. The van der Waals surface area contributed by atoms with Gasteiger partial charge in [0.15, 0.2) is 0 Å². The molecule has 40 heavy (non-hydrogen) atoms. The smallest absolute Gasteiger partial charge is 0.261 e. The second kappa shape index (κ2) is 9.78. The fourth-order valence-corrected chi connectivity index (χ4v) is 6.93. The van der Waals surface area contributed by atoms with Crippen molar-refractivity contribution in [3.8, 4) is 5.75 Å². The van der Waals surface area contributed by atoms with Gasteiger partial charge in [0.2, 0.25) is 5.91 Å². The van der Waals surface area contributed by atoms with E-state index in [1.54, 1.807) is 31.4 Å². The molecule has 204 valence electrons. The molecule has 3 aromatic carbocycles. The highest BCUT2D eigenvalue weighted by molar-refractivity contribution is 6.21. The Bertz CT molecular complexity index is 1490. The van der Waals surface area contributed by atoms with Gasteiger partial charge in [-0.05, 0) is 59.9 Å². The standard InChI is InChI=1S/C32H32N4O4/c1-40-21-10-11-27-25(16-21)26-17-35(15-13-28(26)33-27)30(37)19-34-14-12-20-6-2-3-7-22(20)29(34)18-36-31(38)23-8-4-5-9-24(23)32(36)39/h2-11,16,26,28-29,33H,12-15,17-19H2,1H3/t26-,28-,29+/m1/s1. The lowest BCUT2D eigenvalue weighted by atomic mass is 9.89. The van der Waals surface area contributed by atoms with Crippen molar-refractivity contribution in [3.63, 3.8) is 0 Å². The Kier molecular flexibility index (Phi) is 6.08. The minimum absolute atomic E-state index is 0.0848. The van der Waals surface area contributed by atoms with E-state index in [1.165, 1.54) is 16.0 Å². The maximum atomic E-state index is 13.8. The molecule has 0 unspecified atom stereocenters. The van der Waals surface area contributed by atoms with Gasteiger partial charge in [-0.3, -0.25) is 24.2 Å². The number of rotatable bonds is 5. The zero-order chi connectivity index (χ0) is 27.4. The normalized spacial score (nSPS) is 23.3. The molecule has 0 saturated carbocycles. The van der Waals surface area contributed by atoms with Gasteiger partial charge < -0.3 is 15.0 Å². The fraction of sp³-hybridized carbons (Fsp3) is 0.344. The highest BCUT2D eigenvalue weighted by atomic mass is 16.5. The Hall–Kier alpha value is -4.17. The average molecular weight is 537 g/mol. The minimum atomic E-state index is -0.264. The number of fused-ring (bicyclic) bond motifs is 5. The molecule has 4 heterocycles. The first kappa shape index (κ1) is 24.8. The van der Waals surface area contributed by atoms with Crippen LogP contribution in [0.2, 0.25) is 0 Å². The number of imide groups is 1. The van der Waals surface area contributed by atoms with E-state index in [9.17, 15) is 14.4 Å². The van der Waals surface area contributed by atoms with Gasteiger partial charge >= 0.3 is 0 Å². The fourth-order valence-electron chi connectivity index (χ4n) is 6.93. The Morgan fingerprint density at radius 2 is 1.70 bits per heavy atom. The third-order valence-electron chi connectivity index (χ3n) is 9.06. The molecule has 1 saturated heterocycles. The number of carbonyl (C=O) groups is 3. The van der Waals surface area contributed by atoms with E-state index in [-0.39, 0.29) is 42.8 Å². The zero-order valence-corrected chi connectivity index (χ0v) is 22.5. The van der Waals surface area contributed by atoms with Gasteiger partial charge in [0.05, 0.1) is 30.8 Å². The van der Waals surface area contributed by atoms with Crippen LogP contribution in [0.5, 0.6) is 5.75 Å². The quantitative estimate of drug-likeness (QED) is 0.501. The number of likely N-dealkylation sites (tertiary alicyclic amines) is 1. The van der Waals surface area contributed by atoms with E-state index in [1.807, 2.05) is 23.1 Å². The molecule has 3 atom stereocenters. The maximum absolute atomic E-state index is 13.8. The van der Waals surface area contributed by atoms with Crippen molar-refractivity contribution in [1.29, 1.82) is 0 Å². The summed E-state index contributed by atoms with van der Waals surface area (Å²) in [5.41, 5.74) is 5.51. The van der Waals surface area contributed by atoms with Crippen molar-refractivity contribution in [1.82, 2.24) is 14.7 Å². The van der Waals surface area contributed by atoms with Crippen LogP contribution >= 0.6 is 0 Å². The number of carbonyl (C=O) groups excluding carboxylic acids is 3. The van der Waals surface area contributed by atoms with Crippen LogP contribution in [-0.4, -0.2) is 78.3 Å². The van der Waals surface area contributed by atoms with E-state index in [0.717, 1.165) is 29.8 Å². The summed E-state index contributed by atoms with van der Waals surface area (Å²) in [6, 6.07) is 21.3. The predicted octanol–water partition coefficient (Wildman–Crippen LogP) is 3.70. The summed E-state index contributed by atoms with van der Waals surface area (Å²) in [6.07, 6.45) is 1.71. The summed E-state index contributed by atoms with van der Waals surface area (Å²) < 4.78 is 5.46. The van der Waals surface area contributed by atoms with Gasteiger partial charge in [0.1, 0.15) is 5.75 Å². The first-order chi connectivity index (χ1) is 19.5. The molecule has 0 aliphatic carbocycles. The summed E-state index contributed by atoms with van der Waals surface area (Å²) in [5, 5.41) is 3.63. The number of hydrogen-bond acceptors (Lipinski definition) is 6. The molecule has 1 N–H and O–H groups in total. The Balaban J connectivity index is 1.11. The molecule has 0 bridgehead atoms. The predicted molar refractivity (Wildman–Crippen MR) is 151 cm³/mol. The van der Waals surface area contributed by atoms with Gasteiger partial charge in [0.25, 0.3) is 11.8 Å². The van der Waals surface area contributed by atoms with Crippen LogP contribution in [0.4, 0.5) is 5.69 Å². The summed E-state index contributed by atoms with van der Waals surface area (Å²) in [7, 11) is 1.67. The molecule has 0 aromatic heterocycles. The van der Waals surface area contributed by atoms with Crippen molar-refractivity contribution in [2.45, 2.75) is 30.8 Å². The number of ether oxygens (including phenoxy) is 1. The van der Waals surface area contributed by atoms with Gasteiger partial charge in [0, 0.05) is 43.8 Å². The lowest BCUT2D eigenvalue weighted by molar-refractivity contribution is -0.134. The molecule has 8 heteroatoms. The topological polar surface area (TPSA) is 82.2 Å². The molecular formula is C32H32N4O4. The molecular weight excluding hydrogens is 504 g/mol. The summed E-state index contributed by atoms with van der Waals surface area (Å²) >= 11 is 0. The highest BCUT2D eigenvalue weighted by Gasteiger charge is 2.41. The molecule has 8 nitrogen and oxygen atoms in total. The molecule has 1 fully saturated rings. The lowest BCUT2D eigenvalue weighted by Gasteiger charge is -2.41. The van der Waals surface area contributed by atoms with E-state index in [4.69, 9.17) is 4.74 Å². The molecule has 7 rings (SSSR count). The van der Waals surface area contributed by atoms with Crippen LogP contribution in [0.1, 0.15) is 55.8 Å². The Morgan fingerprint density at radius 3 is 2.48 bits per heavy atom. The molecule has 3 amide bonds. The van der Waals surface area contributed by atoms with E-state index >= 15 is 0 Å². The van der Waals surface area contributed by atoms with Crippen LogP contribution in [0.15, 0.2) is 66.7 Å². The van der Waals surface area contributed by atoms with Crippen molar-refractivity contribution in [2.24, 2.45) is 0 Å². The average Bonchev–Trinajstić information content (AvgIpc) is 3.47. The summed E-state index contributed by atoms with van der Waals surface area (Å²) in [4.78, 5) is 45.7. The SMILES string of the molecule is COc1ccc2c(c1)[C@H]1CN(C(=O)CN3CCc4ccccc4[C@@H]3CN3C(=O)c4ccccc4C3=O)CC[C@H]1N2. The van der Waals surface area contributed by atoms with Crippen molar-refractivity contribution in [3.05, 3.63) is 94.5 Å². The number of hydrogen-bond donors (Lipinski definition) is 1. The van der Waals surface area contributed by atoms with Crippen LogP contribution in [0, 0.1) is 0 Å². The van der Waals surface area contributed by atoms with Crippen LogP contribution in [0.25, 0.3) is 0 Å². The van der Waals surface area contributed by atoms with E-state index in [2.05, 4.69) is 34.5 Å². The van der Waals surface area contributed by atoms with Gasteiger partial charge in [-0.2, -0.15) is 0 Å².